The van der Waals surface area contributed by atoms with Crippen molar-refractivity contribution >= 4 is 15.9 Å². The second-order valence-electron chi connectivity index (χ2n) is 5.65. The largest absolute Gasteiger partial charge is 0.386 e. The average molecular weight is 342 g/mol. The SMILES string of the molecule is Cc1cc(C(O)C2(C#N)CCc3ccccc32)ccc1Br. The van der Waals surface area contributed by atoms with Crippen LogP contribution in [0.25, 0.3) is 0 Å². The quantitative estimate of drug-likeness (QED) is 0.889. The molecule has 3 rings (SSSR count). The maximum atomic E-state index is 10.9. The van der Waals surface area contributed by atoms with E-state index >= 15 is 0 Å². The number of hydrogen-bond acceptors (Lipinski definition) is 2. The fourth-order valence-electron chi connectivity index (χ4n) is 3.22. The van der Waals surface area contributed by atoms with Crippen molar-refractivity contribution in [2.75, 3.05) is 0 Å². The summed E-state index contributed by atoms with van der Waals surface area (Å²) < 4.78 is 1.01. The predicted octanol–water partition coefficient (Wildman–Crippen LogP) is 4.20. The topological polar surface area (TPSA) is 44.0 Å². The van der Waals surface area contributed by atoms with Crippen molar-refractivity contribution in [1.82, 2.24) is 0 Å². The summed E-state index contributed by atoms with van der Waals surface area (Å²) in [6.45, 7) is 1.99. The molecule has 0 heterocycles. The van der Waals surface area contributed by atoms with Crippen molar-refractivity contribution < 1.29 is 5.11 Å². The smallest absolute Gasteiger partial charge is 0.113 e. The van der Waals surface area contributed by atoms with E-state index in [1.54, 1.807) is 0 Å². The van der Waals surface area contributed by atoms with Crippen molar-refractivity contribution in [3.05, 3.63) is 69.2 Å². The molecule has 106 valence electrons. The van der Waals surface area contributed by atoms with Gasteiger partial charge in [0.2, 0.25) is 0 Å². The van der Waals surface area contributed by atoms with Gasteiger partial charge in [0.15, 0.2) is 0 Å². The molecule has 0 bridgehead atoms. The summed E-state index contributed by atoms with van der Waals surface area (Å²) in [4.78, 5) is 0. The Balaban J connectivity index is 2.09. The normalized spacial score (nSPS) is 21.6. The van der Waals surface area contributed by atoms with E-state index in [0.717, 1.165) is 27.6 Å². The minimum absolute atomic E-state index is 0.666. The van der Waals surface area contributed by atoms with Crippen molar-refractivity contribution in [3.8, 4) is 6.07 Å². The van der Waals surface area contributed by atoms with Gasteiger partial charge in [-0.15, -0.1) is 0 Å². The number of hydrogen-bond donors (Lipinski definition) is 1. The Morgan fingerprint density at radius 2 is 2.05 bits per heavy atom. The van der Waals surface area contributed by atoms with Crippen LogP contribution in [0.1, 0.15) is 34.8 Å². The molecule has 0 saturated heterocycles. The molecule has 0 aromatic heterocycles. The summed E-state index contributed by atoms with van der Waals surface area (Å²) >= 11 is 3.47. The van der Waals surface area contributed by atoms with E-state index in [1.807, 2.05) is 49.4 Å². The fraction of sp³-hybridized carbons (Fsp3) is 0.278. The van der Waals surface area contributed by atoms with Gasteiger partial charge < -0.3 is 5.11 Å². The van der Waals surface area contributed by atoms with Crippen molar-refractivity contribution in [1.29, 1.82) is 5.26 Å². The lowest BCUT2D eigenvalue weighted by Gasteiger charge is -2.29. The van der Waals surface area contributed by atoms with E-state index in [2.05, 4.69) is 22.0 Å². The Bertz CT molecular complexity index is 734. The highest BCUT2D eigenvalue weighted by atomic mass is 79.9. The third-order valence-electron chi connectivity index (χ3n) is 4.45. The van der Waals surface area contributed by atoms with Crippen LogP contribution in [0.15, 0.2) is 46.9 Å². The maximum absolute atomic E-state index is 10.9. The van der Waals surface area contributed by atoms with Gasteiger partial charge in [-0.2, -0.15) is 5.26 Å². The molecule has 0 spiro atoms. The summed E-state index contributed by atoms with van der Waals surface area (Å²) in [6, 6.07) is 16.1. The van der Waals surface area contributed by atoms with Gasteiger partial charge in [-0.05, 0) is 48.1 Å². The Morgan fingerprint density at radius 1 is 1.29 bits per heavy atom. The molecule has 2 nitrogen and oxygen atoms in total. The van der Waals surface area contributed by atoms with Crippen LogP contribution in [-0.4, -0.2) is 5.11 Å². The van der Waals surface area contributed by atoms with Crippen molar-refractivity contribution in [2.24, 2.45) is 0 Å². The fourth-order valence-corrected chi connectivity index (χ4v) is 3.47. The first-order valence-corrected chi connectivity index (χ1v) is 7.81. The number of nitriles is 1. The molecule has 2 atom stereocenters. The second kappa shape index (κ2) is 5.29. The monoisotopic (exact) mass is 341 g/mol. The predicted molar refractivity (Wildman–Crippen MR) is 85.9 cm³/mol. The van der Waals surface area contributed by atoms with E-state index in [-0.39, 0.29) is 0 Å². The highest BCUT2D eigenvalue weighted by molar-refractivity contribution is 9.10. The Morgan fingerprint density at radius 3 is 2.76 bits per heavy atom. The summed E-state index contributed by atoms with van der Waals surface area (Å²) in [5.41, 5.74) is 3.17. The van der Waals surface area contributed by atoms with Crippen LogP contribution >= 0.6 is 15.9 Å². The molecule has 2 unspecified atom stereocenters. The van der Waals surface area contributed by atoms with Crippen molar-refractivity contribution in [2.45, 2.75) is 31.3 Å². The number of halogens is 1. The molecule has 0 radical (unpaired) electrons. The molecule has 1 N–H and O–H groups in total. The summed E-state index contributed by atoms with van der Waals surface area (Å²) in [5, 5.41) is 20.7. The van der Waals surface area contributed by atoms with E-state index < -0.39 is 11.5 Å². The van der Waals surface area contributed by atoms with Gasteiger partial charge >= 0.3 is 0 Å². The van der Waals surface area contributed by atoms with Gasteiger partial charge in [-0.3, -0.25) is 0 Å². The molecule has 0 amide bonds. The Labute approximate surface area is 133 Å². The molecule has 1 aliphatic carbocycles. The molecule has 0 fully saturated rings. The van der Waals surface area contributed by atoms with Crippen LogP contribution in [0.3, 0.4) is 0 Å². The zero-order valence-corrected chi connectivity index (χ0v) is 13.4. The highest BCUT2D eigenvalue weighted by Gasteiger charge is 2.45. The first-order chi connectivity index (χ1) is 10.1. The van der Waals surface area contributed by atoms with Crippen LogP contribution in [0.4, 0.5) is 0 Å². The number of aliphatic hydroxyl groups is 1. The maximum Gasteiger partial charge on any atom is 0.113 e. The third-order valence-corrected chi connectivity index (χ3v) is 5.34. The molecular weight excluding hydrogens is 326 g/mol. The van der Waals surface area contributed by atoms with Crippen LogP contribution in [-0.2, 0) is 11.8 Å². The van der Waals surface area contributed by atoms with Gasteiger partial charge in [0.1, 0.15) is 11.5 Å². The number of aliphatic hydroxyl groups excluding tert-OH is 1. The first kappa shape index (κ1) is 14.3. The number of benzene rings is 2. The average Bonchev–Trinajstić information content (AvgIpc) is 2.89. The lowest BCUT2D eigenvalue weighted by atomic mass is 9.75. The molecule has 2 aromatic carbocycles. The third kappa shape index (κ3) is 2.19. The van der Waals surface area contributed by atoms with Crippen LogP contribution in [0.5, 0.6) is 0 Å². The summed E-state index contributed by atoms with van der Waals surface area (Å²) in [7, 11) is 0. The van der Waals surface area contributed by atoms with Crippen molar-refractivity contribution in [3.63, 3.8) is 0 Å². The molecule has 3 heteroatoms. The van der Waals surface area contributed by atoms with E-state index in [1.165, 1.54) is 5.56 Å². The van der Waals surface area contributed by atoms with Gasteiger partial charge in [0, 0.05) is 4.47 Å². The standard InChI is InChI=1S/C18H16BrNO/c1-12-10-14(6-7-16(12)19)17(21)18(11-20)9-8-13-4-2-3-5-15(13)18/h2-7,10,17,21H,8-9H2,1H3. The molecular formula is C18H16BrNO. The zero-order valence-electron chi connectivity index (χ0n) is 11.8. The lowest BCUT2D eigenvalue weighted by molar-refractivity contribution is 0.111. The van der Waals surface area contributed by atoms with E-state index in [9.17, 15) is 10.4 Å². The van der Waals surface area contributed by atoms with Gasteiger partial charge in [-0.25, -0.2) is 0 Å². The molecule has 2 aromatic rings. The lowest BCUT2D eigenvalue weighted by Crippen LogP contribution is -2.29. The van der Waals surface area contributed by atoms with E-state index in [4.69, 9.17) is 0 Å². The minimum atomic E-state index is -0.836. The number of rotatable bonds is 2. The first-order valence-electron chi connectivity index (χ1n) is 7.02. The number of aryl methyl sites for hydroxylation is 2. The summed E-state index contributed by atoms with van der Waals surface area (Å²) in [5.74, 6) is 0. The second-order valence-corrected chi connectivity index (χ2v) is 6.51. The van der Waals surface area contributed by atoms with Gasteiger partial charge in [0.25, 0.3) is 0 Å². The Kier molecular flexibility index (Phi) is 3.61. The van der Waals surface area contributed by atoms with Crippen LogP contribution < -0.4 is 0 Å². The molecule has 21 heavy (non-hydrogen) atoms. The zero-order chi connectivity index (χ0) is 15.0. The minimum Gasteiger partial charge on any atom is -0.386 e. The Hall–Kier alpha value is -1.63. The van der Waals surface area contributed by atoms with Crippen LogP contribution in [0, 0.1) is 18.3 Å². The highest BCUT2D eigenvalue weighted by Crippen LogP contribution is 2.47. The van der Waals surface area contributed by atoms with Gasteiger partial charge in [-0.1, -0.05) is 52.3 Å². The molecule has 0 aliphatic heterocycles. The number of fused-ring (bicyclic) bond motifs is 1. The molecule has 0 saturated carbocycles. The van der Waals surface area contributed by atoms with Crippen LogP contribution in [0.2, 0.25) is 0 Å². The summed E-state index contributed by atoms with van der Waals surface area (Å²) in [6.07, 6.45) is 0.702. The van der Waals surface area contributed by atoms with Gasteiger partial charge in [0.05, 0.1) is 6.07 Å². The van der Waals surface area contributed by atoms with E-state index in [0.29, 0.717) is 6.42 Å². The number of nitrogens with zero attached hydrogens (tertiary/aromatic N) is 1. The molecule has 1 aliphatic rings.